The molecule has 1 aromatic heterocycles. The first-order valence-electron chi connectivity index (χ1n) is 7.03. The molecule has 0 aliphatic heterocycles. The molecular formula is C16H20N2O3. The largest absolute Gasteiger partial charge is 0.423 e. The number of hydrogen-bond donors (Lipinski definition) is 2. The molecule has 0 aliphatic carbocycles. The molecule has 2 unspecified atom stereocenters. The zero-order valence-electron chi connectivity index (χ0n) is 12.5. The number of nitrogens with two attached hydrogens (primary N) is 1. The lowest BCUT2D eigenvalue weighted by atomic mass is 9.99. The van der Waals surface area contributed by atoms with Crippen molar-refractivity contribution in [3.05, 3.63) is 40.2 Å². The highest BCUT2D eigenvalue weighted by atomic mass is 16.4. The van der Waals surface area contributed by atoms with Crippen LogP contribution in [-0.2, 0) is 4.79 Å². The van der Waals surface area contributed by atoms with Crippen molar-refractivity contribution in [2.24, 2.45) is 11.7 Å². The van der Waals surface area contributed by atoms with Gasteiger partial charge in [-0.2, -0.15) is 0 Å². The molecule has 0 radical (unpaired) electrons. The summed E-state index contributed by atoms with van der Waals surface area (Å²) < 4.78 is 5.16. The quantitative estimate of drug-likeness (QED) is 0.846. The fraction of sp³-hybridized carbons (Fsp3) is 0.375. The Morgan fingerprint density at radius 3 is 2.76 bits per heavy atom. The van der Waals surface area contributed by atoms with Gasteiger partial charge in [0.25, 0.3) is 0 Å². The van der Waals surface area contributed by atoms with Crippen molar-refractivity contribution >= 4 is 22.6 Å². The van der Waals surface area contributed by atoms with Crippen molar-refractivity contribution < 1.29 is 9.21 Å². The molecular weight excluding hydrogens is 268 g/mol. The maximum atomic E-state index is 12.1. The van der Waals surface area contributed by atoms with E-state index in [0.717, 1.165) is 17.4 Å². The maximum absolute atomic E-state index is 12.1. The highest BCUT2D eigenvalue weighted by Gasteiger charge is 2.19. The van der Waals surface area contributed by atoms with Gasteiger partial charge in [-0.25, -0.2) is 4.79 Å². The number of rotatable bonds is 4. The van der Waals surface area contributed by atoms with E-state index in [1.165, 1.54) is 6.07 Å². The van der Waals surface area contributed by atoms with Gasteiger partial charge < -0.3 is 15.5 Å². The highest BCUT2D eigenvalue weighted by Crippen LogP contribution is 2.21. The zero-order valence-corrected chi connectivity index (χ0v) is 12.5. The molecule has 2 rings (SSSR count). The summed E-state index contributed by atoms with van der Waals surface area (Å²) in [7, 11) is 0. The Hall–Kier alpha value is -2.14. The molecule has 5 nitrogen and oxygen atoms in total. The first-order chi connectivity index (χ1) is 9.92. The molecule has 2 atom stereocenters. The molecule has 1 amide bonds. The van der Waals surface area contributed by atoms with E-state index < -0.39 is 11.7 Å². The molecule has 0 fully saturated rings. The lowest BCUT2D eigenvalue weighted by Crippen LogP contribution is -2.40. The van der Waals surface area contributed by atoms with E-state index in [4.69, 9.17) is 10.2 Å². The van der Waals surface area contributed by atoms with Gasteiger partial charge in [0.2, 0.25) is 5.91 Å². The number of benzene rings is 1. The predicted octanol–water partition coefficient (Wildman–Crippen LogP) is 2.41. The second-order valence-electron chi connectivity index (χ2n) is 5.36. The van der Waals surface area contributed by atoms with Gasteiger partial charge in [0.05, 0.1) is 6.04 Å². The lowest BCUT2D eigenvalue weighted by molar-refractivity contribution is -0.118. The molecule has 0 saturated carbocycles. The summed E-state index contributed by atoms with van der Waals surface area (Å²) in [6, 6.07) is 6.12. The molecule has 112 valence electrons. The van der Waals surface area contributed by atoms with Crippen LogP contribution in [0.1, 0.15) is 25.8 Å². The van der Waals surface area contributed by atoms with Gasteiger partial charge >= 0.3 is 5.63 Å². The SMILES string of the molecule is CCC(C)C(N)C(=O)Nc1ccc2c(C)cc(=O)oc2c1. The van der Waals surface area contributed by atoms with Crippen molar-refractivity contribution in [2.75, 3.05) is 5.32 Å². The second-order valence-corrected chi connectivity index (χ2v) is 5.36. The Morgan fingerprint density at radius 2 is 2.10 bits per heavy atom. The number of nitrogens with one attached hydrogen (secondary N) is 1. The number of fused-ring (bicyclic) bond motifs is 1. The van der Waals surface area contributed by atoms with Crippen molar-refractivity contribution in [3.63, 3.8) is 0 Å². The fourth-order valence-electron chi connectivity index (χ4n) is 2.14. The third kappa shape index (κ3) is 3.31. The minimum atomic E-state index is -0.560. The van der Waals surface area contributed by atoms with Crippen LogP contribution in [-0.4, -0.2) is 11.9 Å². The van der Waals surface area contributed by atoms with Gasteiger partial charge in [-0.3, -0.25) is 4.79 Å². The van der Waals surface area contributed by atoms with Crippen molar-refractivity contribution in [3.8, 4) is 0 Å². The highest BCUT2D eigenvalue weighted by molar-refractivity contribution is 5.96. The molecule has 1 heterocycles. The molecule has 0 saturated heterocycles. The van der Waals surface area contributed by atoms with E-state index in [-0.39, 0.29) is 11.8 Å². The number of hydrogen-bond acceptors (Lipinski definition) is 4. The third-order valence-electron chi connectivity index (χ3n) is 3.78. The van der Waals surface area contributed by atoms with E-state index in [1.54, 1.807) is 12.1 Å². The van der Waals surface area contributed by atoms with Crippen molar-refractivity contribution in [1.82, 2.24) is 0 Å². The van der Waals surface area contributed by atoms with Gasteiger partial charge in [-0.05, 0) is 30.5 Å². The fourth-order valence-corrected chi connectivity index (χ4v) is 2.14. The standard InChI is InChI=1S/C16H20N2O3/c1-4-9(2)15(17)16(20)18-11-5-6-12-10(3)7-14(19)21-13(12)8-11/h5-9,15H,4,17H2,1-3H3,(H,18,20). The first-order valence-corrected chi connectivity index (χ1v) is 7.03. The smallest absolute Gasteiger partial charge is 0.336 e. The van der Waals surface area contributed by atoms with Crippen LogP contribution in [0.5, 0.6) is 0 Å². The Kier molecular flexibility index (Phi) is 4.43. The number of carbonyl (C=O) groups excluding carboxylic acids is 1. The summed E-state index contributed by atoms with van der Waals surface area (Å²) in [4.78, 5) is 23.5. The van der Waals surface area contributed by atoms with Crippen LogP contribution in [0.15, 0.2) is 33.5 Å². The van der Waals surface area contributed by atoms with E-state index in [1.807, 2.05) is 26.8 Å². The average molecular weight is 288 g/mol. The number of carbonyl (C=O) groups is 1. The monoisotopic (exact) mass is 288 g/mol. The number of aryl methyl sites for hydroxylation is 1. The van der Waals surface area contributed by atoms with E-state index in [0.29, 0.717) is 11.3 Å². The van der Waals surface area contributed by atoms with Gasteiger partial charge in [-0.15, -0.1) is 0 Å². The van der Waals surface area contributed by atoms with Crippen LogP contribution in [0.25, 0.3) is 11.0 Å². The lowest BCUT2D eigenvalue weighted by Gasteiger charge is -2.17. The van der Waals surface area contributed by atoms with Crippen LogP contribution < -0.4 is 16.7 Å². The molecule has 0 aliphatic rings. The van der Waals surface area contributed by atoms with Crippen molar-refractivity contribution in [1.29, 1.82) is 0 Å². The van der Waals surface area contributed by atoms with Gasteiger partial charge in [0.1, 0.15) is 5.58 Å². The Balaban J connectivity index is 2.28. The van der Waals surface area contributed by atoms with Crippen molar-refractivity contribution in [2.45, 2.75) is 33.2 Å². The molecule has 0 bridgehead atoms. The summed E-state index contributed by atoms with van der Waals surface area (Å²) in [5, 5.41) is 3.61. The van der Waals surface area contributed by atoms with Crippen LogP contribution in [0.4, 0.5) is 5.69 Å². The summed E-state index contributed by atoms with van der Waals surface area (Å²) in [5.41, 5.74) is 7.36. The van der Waals surface area contributed by atoms with E-state index in [2.05, 4.69) is 5.32 Å². The van der Waals surface area contributed by atoms with Gasteiger partial charge in [-0.1, -0.05) is 20.3 Å². The summed E-state index contributed by atoms with van der Waals surface area (Å²) >= 11 is 0. The van der Waals surface area contributed by atoms with Crippen LogP contribution >= 0.6 is 0 Å². The Labute approximate surface area is 123 Å². The summed E-state index contributed by atoms with van der Waals surface area (Å²) in [5.74, 6) is -0.135. The minimum absolute atomic E-state index is 0.102. The van der Waals surface area contributed by atoms with Crippen LogP contribution in [0.2, 0.25) is 0 Å². The molecule has 2 aromatic rings. The molecule has 3 N–H and O–H groups in total. The third-order valence-corrected chi connectivity index (χ3v) is 3.78. The number of amides is 1. The molecule has 21 heavy (non-hydrogen) atoms. The van der Waals surface area contributed by atoms with E-state index in [9.17, 15) is 9.59 Å². The van der Waals surface area contributed by atoms with E-state index >= 15 is 0 Å². The molecule has 5 heteroatoms. The van der Waals surface area contributed by atoms with Gasteiger partial charge in [0.15, 0.2) is 0 Å². The Morgan fingerprint density at radius 1 is 1.38 bits per heavy atom. The zero-order chi connectivity index (χ0) is 15.6. The Bertz CT molecular complexity index is 721. The molecule has 1 aromatic carbocycles. The normalized spacial score (nSPS) is 13.9. The maximum Gasteiger partial charge on any atom is 0.336 e. The molecule has 0 spiro atoms. The van der Waals surface area contributed by atoms with Gasteiger partial charge in [0, 0.05) is 23.2 Å². The average Bonchev–Trinajstić information content (AvgIpc) is 2.44. The second kappa shape index (κ2) is 6.10. The first kappa shape index (κ1) is 15.3. The van der Waals surface area contributed by atoms with Crippen LogP contribution in [0, 0.1) is 12.8 Å². The predicted molar refractivity (Wildman–Crippen MR) is 83.3 cm³/mol. The topological polar surface area (TPSA) is 85.3 Å². The summed E-state index contributed by atoms with van der Waals surface area (Å²) in [6.45, 7) is 5.77. The number of anilines is 1. The summed E-state index contributed by atoms with van der Waals surface area (Å²) in [6.07, 6.45) is 0.834. The minimum Gasteiger partial charge on any atom is -0.423 e. The van der Waals surface area contributed by atoms with Crippen LogP contribution in [0.3, 0.4) is 0 Å².